The molecule has 0 aliphatic rings. The number of thiophene rings is 1. The fourth-order valence-corrected chi connectivity index (χ4v) is 4.59. The van der Waals surface area contributed by atoms with Crippen LogP contribution in [0.4, 0.5) is 0 Å². The SMILES string of the molecule is COc1ccc(CCNS(=O)(=O)c2cn(C(C)C)nc2-c2cccs2)cc1. The van der Waals surface area contributed by atoms with Crippen molar-refractivity contribution in [1.82, 2.24) is 14.5 Å². The van der Waals surface area contributed by atoms with Crippen LogP contribution in [0.25, 0.3) is 10.6 Å². The summed E-state index contributed by atoms with van der Waals surface area (Å²) in [6, 6.07) is 11.4. The van der Waals surface area contributed by atoms with Gasteiger partial charge in [-0.25, -0.2) is 13.1 Å². The number of benzene rings is 1. The lowest BCUT2D eigenvalue weighted by Gasteiger charge is -2.07. The van der Waals surface area contributed by atoms with Crippen LogP contribution in [0.2, 0.25) is 0 Å². The molecule has 0 amide bonds. The second-order valence-corrected chi connectivity index (χ2v) is 9.07. The van der Waals surface area contributed by atoms with Crippen molar-refractivity contribution in [3.05, 3.63) is 53.5 Å². The molecule has 0 radical (unpaired) electrons. The Morgan fingerprint density at radius 3 is 2.56 bits per heavy atom. The van der Waals surface area contributed by atoms with Crippen LogP contribution in [0.1, 0.15) is 25.5 Å². The molecule has 2 heterocycles. The molecule has 8 heteroatoms. The average molecular weight is 406 g/mol. The van der Waals surface area contributed by atoms with E-state index in [0.29, 0.717) is 18.7 Å². The number of aromatic nitrogens is 2. The van der Waals surface area contributed by atoms with Crippen molar-refractivity contribution in [1.29, 1.82) is 0 Å². The highest BCUT2D eigenvalue weighted by molar-refractivity contribution is 7.89. The second kappa shape index (κ2) is 8.24. The van der Waals surface area contributed by atoms with E-state index >= 15 is 0 Å². The molecule has 1 aromatic carbocycles. The number of nitrogens with zero attached hydrogens (tertiary/aromatic N) is 2. The van der Waals surface area contributed by atoms with Gasteiger partial charge in [0.2, 0.25) is 10.0 Å². The van der Waals surface area contributed by atoms with Crippen LogP contribution in [0.3, 0.4) is 0 Å². The molecule has 0 unspecified atom stereocenters. The summed E-state index contributed by atoms with van der Waals surface area (Å²) in [6.07, 6.45) is 2.20. The summed E-state index contributed by atoms with van der Waals surface area (Å²) in [7, 11) is -2.05. The van der Waals surface area contributed by atoms with Crippen molar-refractivity contribution in [2.45, 2.75) is 31.2 Å². The molecule has 3 aromatic rings. The molecular weight excluding hydrogens is 382 g/mol. The highest BCUT2D eigenvalue weighted by atomic mass is 32.2. The molecular formula is C19H23N3O3S2. The number of hydrogen-bond donors (Lipinski definition) is 1. The Labute approximate surface area is 163 Å². The van der Waals surface area contributed by atoms with Crippen LogP contribution in [0.5, 0.6) is 5.75 Å². The zero-order valence-electron chi connectivity index (χ0n) is 15.5. The van der Waals surface area contributed by atoms with Crippen LogP contribution in [-0.4, -0.2) is 31.9 Å². The van der Waals surface area contributed by atoms with Crippen molar-refractivity contribution in [3.8, 4) is 16.3 Å². The van der Waals surface area contributed by atoms with Gasteiger partial charge in [-0.2, -0.15) is 5.10 Å². The fourth-order valence-electron chi connectivity index (χ4n) is 2.62. The summed E-state index contributed by atoms with van der Waals surface area (Å²) in [5.74, 6) is 0.779. The molecule has 0 saturated heterocycles. The molecule has 0 aliphatic heterocycles. The van der Waals surface area contributed by atoms with Crippen molar-refractivity contribution < 1.29 is 13.2 Å². The minimum atomic E-state index is -3.66. The number of sulfonamides is 1. The third-order valence-electron chi connectivity index (χ3n) is 4.14. The lowest BCUT2D eigenvalue weighted by molar-refractivity contribution is 0.414. The molecule has 2 aromatic heterocycles. The molecule has 0 atom stereocenters. The van der Waals surface area contributed by atoms with Gasteiger partial charge < -0.3 is 4.74 Å². The van der Waals surface area contributed by atoms with E-state index in [1.807, 2.05) is 55.6 Å². The maximum absolute atomic E-state index is 12.9. The molecule has 0 saturated carbocycles. The minimum Gasteiger partial charge on any atom is -0.497 e. The number of rotatable bonds is 8. The molecule has 0 aliphatic carbocycles. The van der Waals surface area contributed by atoms with Crippen molar-refractivity contribution in [2.24, 2.45) is 0 Å². The third kappa shape index (κ3) is 4.58. The van der Waals surface area contributed by atoms with Gasteiger partial charge in [-0.05, 0) is 49.4 Å². The Balaban J connectivity index is 1.77. The first kappa shape index (κ1) is 19.6. The quantitative estimate of drug-likeness (QED) is 0.620. The van der Waals surface area contributed by atoms with E-state index in [4.69, 9.17) is 4.74 Å². The predicted molar refractivity (Wildman–Crippen MR) is 108 cm³/mol. The Hall–Kier alpha value is -2.16. The first-order valence-electron chi connectivity index (χ1n) is 8.66. The summed E-state index contributed by atoms with van der Waals surface area (Å²) in [5.41, 5.74) is 1.53. The highest BCUT2D eigenvalue weighted by Crippen LogP contribution is 2.30. The zero-order chi connectivity index (χ0) is 19.4. The van der Waals surface area contributed by atoms with E-state index in [-0.39, 0.29) is 10.9 Å². The largest absolute Gasteiger partial charge is 0.497 e. The molecule has 6 nitrogen and oxygen atoms in total. The second-order valence-electron chi connectivity index (χ2n) is 6.39. The topological polar surface area (TPSA) is 73.2 Å². The van der Waals surface area contributed by atoms with Crippen LogP contribution >= 0.6 is 11.3 Å². The van der Waals surface area contributed by atoms with E-state index in [1.54, 1.807) is 18.0 Å². The van der Waals surface area contributed by atoms with Crippen LogP contribution in [-0.2, 0) is 16.4 Å². The molecule has 0 bridgehead atoms. The lowest BCUT2D eigenvalue weighted by Crippen LogP contribution is -2.26. The van der Waals surface area contributed by atoms with Gasteiger partial charge >= 0.3 is 0 Å². The van der Waals surface area contributed by atoms with E-state index in [0.717, 1.165) is 16.2 Å². The summed E-state index contributed by atoms with van der Waals surface area (Å²) in [4.78, 5) is 1.05. The van der Waals surface area contributed by atoms with E-state index in [2.05, 4.69) is 9.82 Å². The zero-order valence-corrected chi connectivity index (χ0v) is 17.2. The normalized spacial score (nSPS) is 11.9. The van der Waals surface area contributed by atoms with Crippen molar-refractivity contribution in [3.63, 3.8) is 0 Å². The monoisotopic (exact) mass is 405 g/mol. The van der Waals surface area contributed by atoms with Crippen LogP contribution in [0, 0.1) is 0 Å². The number of hydrogen-bond acceptors (Lipinski definition) is 5. The summed E-state index contributed by atoms with van der Waals surface area (Å²) >= 11 is 1.48. The van der Waals surface area contributed by atoms with Gasteiger partial charge in [0.15, 0.2) is 0 Å². The molecule has 3 rings (SSSR count). The Kier molecular flexibility index (Phi) is 5.98. The summed E-state index contributed by atoms with van der Waals surface area (Å²) < 4.78 is 35.3. The maximum atomic E-state index is 12.9. The Bertz CT molecular complexity index is 976. The lowest BCUT2D eigenvalue weighted by atomic mass is 10.1. The fraction of sp³-hybridized carbons (Fsp3) is 0.316. The molecule has 1 N–H and O–H groups in total. The van der Waals surface area contributed by atoms with E-state index in [9.17, 15) is 8.42 Å². The highest BCUT2D eigenvalue weighted by Gasteiger charge is 2.24. The van der Waals surface area contributed by atoms with Gasteiger partial charge in [0.1, 0.15) is 16.3 Å². The van der Waals surface area contributed by atoms with Gasteiger partial charge in [-0.1, -0.05) is 18.2 Å². The third-order valence-corrected chi connectivity index (χ3v) is 6.47. The van der Waals surface area contributed by atoms with Crippen molar-refractivity contribution in [2.75, 3.05) is 13.7 Å². The first-order valence-corrected chi connectivity index (χ1v) is 11.0. The predicted octanol–water partition coefficient (Wildman–Crippen LogP) is 3.72. The Morgan fingerprint density at radius 2 is 1.96 bits per heavy atom. The molecule has 144 valence electrons. The molecule has 27 heavy (non-hydrogen) atoms. The van der Waals surface area contributed by atoms with Gasteiger partial charge in [0, 0.05) is 18.8 Å². The van der Waals surface area contributed by atoms with Gasteiger partial charge in [0.25, 0.3) is 0 Å². The summed E-state index contributed by atoms with van der Waals surface area (Å²) in [6.45, 7) is 4.25. The summed E-state index contributed by atoms with van der Waals surface area (Å²) in [5, 5.41) is 6.41. The molecule has 0 spiro atoms. The van der Waals surface area contributed by atoms with E-state index < -0.39 is 10.0 Å². The smallest absolute Gasteiger partial charge is 0.244 e. The standard InChI is InChI=1S/C19H23N3O3S2/c1-14(2)22-13-18(19(21-22)17-5-4-12-26-17)27(23,24)20-11-10-15-6-8-16(25-3)9-7-15/h4-9,12-14,20H,10-11H2,1-3H3. The van der Waals surface area contributed by atoms with Crippen LogP contribution < -0.4 is 9.46 Å². The molecule has 0 fully saturated rings. The number of ether oxygens (including phenoxy) is 1. The van der Waals surface area contributed by atoms with Gasteiger partial charge in [-0.3, -0.25) is 4.68 Å². The van der Waals surface area contributed by atoms with Gasteiger partial charge in [0.05, 0.1) is 12.0 Å². The van der Waals surface area contributed by atoms with E-state index in [1.165, 1.54) is 11.3 Å². The van der Waals surface area contributed by atoms with Crippen LogP contribution in [0.15, 0.2) is 52.9 Å². The maximum Gasteiger partial charge on any atom is 0.244 e. The minimum absolute atomic E-state index is 0.0759. The van der Waals surface area contributed by atoms with Gasteiger partial charge in [-0.15, -0.1) is 11.3 Å². The first-order chi connectivity index (χ1) is 12.9. The van der Waals surface area contributed by atoms with Crippen molar-refractivity contribution >= 4 is 21.4 Å². The number of methoxy groups -OCH3 is 1. The number of nitrogens with one attached hydrogen (secondary N) is 1. The average Bonchev–Trinajstić information content (AvgIpc) is 3.32. The Morgan fingerprint density at radius 1 is 1.22 bits per heavy atom.